The van der Waals surface area contributed by atoms with Crippen molar-refractivity contribution in [1.82, 2.24) is 4.90 Å². The molecule has 0 radical (unpaired) electrons. The Morgan fingerprint density at radius 2 is 1.71 bits per heavy atom. The third-order valence-corrected chi connectivity index (χ3v) is 11.2. The van der Waals surface area contributed by atoms with Crippen molar-refractivity contribution in [2.45, 2.75) is 28.5 Å². The third-order valence-electron chi connectivity index (χ3n) is 8.70. The van der Waals surface area contributed by atoms with Crippen LogP contribution < -0.4 is 9.64 Å². The van der Waals surface area contributed by atoms with E-state index < -0.39 is 51.1 Å². The average molecular weight is 703 g/mol. The van der Waals surface area contributed by atoms with Crippen LogP contribution in [0.2, 0.25) is 10.0 Å². The van der Waals surface area contributed by atoms with E-state index in [1.54, 1.807) is 24.3 Å². The van der Waals surface area contributed by atoms with Gasteiger partial charge in [0.05, 0.1) is 35.1 Å². The van der Waals surface area contributed by atoms with E-state index >= 15 is 0 Å². The Kier molecular flexibility index (Phi) is 6.94. The zero-order valence-electron chi connectivity index (χ0n) is 21.2. The lowest BCUT2D eigenvalue weighted by molar-refractivity contribution is -0.138. The zero-order chi connectivity index (χ0) is 29.6. The lowest BCUT2D eigenvalue weighted by Crippen LogP contribution is -2.60. The Bertz CT molecular complexity index is 1570. The molecule has 2 saturated heterocycles. The van der Waals surface area contributed by atoms with Gasteiger partial charge in [-0.25, -0.2) is 0 Å². The fraction of sp³-hybridized carbons (Fsp3) is 0.357. The van der Waals surface area contributed by atoms with Gasteiger partial charge in [-0.3, -0.25) is 29.0 Å². The number of alkyl halides is 3. The molecule has 4 aliphatic rings. The number of fused-ring (bicyclic) bond motifs is 4. The quantitative estimate of drug-likeness (QED) is 0.192. The zero-order valence-corrected chi connectivity index (χ0v) is 25.9. The Hall–Kier alpha value is -2.30. The van der Waals surface area contributed by atoms with Crippen LogP contribution in [0.1, 0.15) is 24.3 Å². The molecule has 41 heavy (non-hydrogen) atoms. The molecule has 0 unspecified atom stereocenters. The molecule has 214 valence electrons. The van der Waals surface area contributed by atoms with Gasteiger partial charge in [-0.1, -0.05) is 50.8 Å². The average Bonchev–Trinajstić information content (AvgIpc) is 3.28. The number of anilines is 1. The Morgan fingerprint density at radius 3 is 2.34 bits per heavy atom. The van der Waals surface area contributed by atoms with Gasteiger partial charge in [0.1, 0.15) is 0 Å². The van der Waals surface area contributed by atoms with E-state index in [1.165, 1.54) is 19.2 Å². The van der Waals surface area contributed by atoms with Crippen LogP contribution in [0, 0.1) is 17.8 Å². The third kappa shape index (κ3) is 3.78. The monoisotopic (exact) mass is 700 g/mol. The number of carbonyl (C=O) groups is 4. The van der Waals surface area contributed by atoms with Crippen molar-refractivity contribution >= 4 is 91.6 Å². The summed E-state index contributed by atoms with van der Waals surface area (Å²) in [6.45, 7) is 0. The predicted molar refractivity (Wildman–Crippen MR) is 157 cm³/mol. The number of ether oxygens (including phenoxy) is 1. The minimum Gasteiger partial charge on any atom is -0.503 e. The molecule has 0 bridgehead atoms. The molecule has 2 aromatic rings. The summed E-state index contributed by atoms with van der Waals surface area (Å²) in [4.78, 5) is 53.3. The largest absolute Gasteiger partial charge is 0.503 e. The van der Waals surface area contributed by atoms with Gasteiger partial charge < -0.3 is 9.84 Å². The van der Waals surface area contributed by atoms with Crippen molar-refractivity contribution in [3.63, 3.8) is 0 Å². The van der Waals surface area contributed by atoms with Gasteiger partial charge in [0.15, 0.2) is 21.2 Å². The van der Waals surface area contributed by atoms with Crippen LogP contribution >= 0.6 is 62.3 Å². The summed E-state index contributed by atoms with van der Waals surface area (Å²) in [6.07, 6.45) is 1.87. The van der Waals surface area contributed by atoms with Gasteiger partial charge in [0.25, 0.3) is 11.8 Å². The molecular formula is C28H21BrCl4N2O6. The number of phenolic OH excluding ortho intramolecular Hbond substituents is 1. The van der Waals surface area contributed by atoms with Gasteiger partial charge in [-0.05, 0) is 60.7 Å². The molecule has 2 aromatic carbocycles. The van der Waals surface area contributed by atoms with E-state index in [4.69, 9.17) is 51.1 Å². The van der Waals surface area contributed by atoms with Crippen LogP contribution in [0.3, 0.4) is 0 Å². The first-order chi connectivity index (χ1) is 19.4. The van der Waals surface area contributed by atoms with Crippen LogP contribution in [0.4, 0.5) is 5.69 Å². The number of nitrogens with zero attached hydrogens (tertiary/aromatic N) is 2. The Labute approximate surface area is 263 Å². The number of rotatable bonds is 4. The van der Waals surface area contributed by atoms with E-state index in [0.29, 0.717) is 21.8 Å². The lowest BCUT2D eigenvalue weighted by Gasteiger charge is -2.50. The number of benzene rings is 2. The summed E-state index contributed by atoms with van der Waals surface area (Å²) in [6, 6.07) is 9.30. The van der Waals surface area contributed by atoms with Crippen molar-refractivity contribution in [2.24, 2.45) is 17.8 Å². The highest BCUT2D eigenvalue weighted by Crippen LogP contribution is 2.66. The molecule has 0 aromatic heterocycles. The lowest BCUT2D eigenvalue weighted by atomic mass is 9.56. The molecule has 6 rings (SSSR count). The second kappa shape index (κ2) is 9.88. The second-order valence-electron chi connectivity index (χ2n) is 10.5. The van der Waals surface area contributed by atoms with Gasteiger partial charge in [-0.2, -0.15) is 0 Å². The minimum atomic E-state index is -2.00. The molecular weight excluding hydrogens is 682 g/mol. The maximum Gasteiger partial charge on any atom is 0.254 e. The highest BCUT2D eigenvalue weighted by atomic mass is 79.9. The number of hydrogen-bond donors (Lipinski definition) is 1. The molecule has 13 heteroatoms. The molecule has 0 spiro atoms. The van der Waals surface area contributed by atoms with Gasteiger partial charge in [0, 0.05) is 10.9 Å². The summed E-state index contributed by atoms with van der Waals surface area (Å²) in [5.74, 6) is -5.80. The number of likely N-dealkylation sites (tertiary alicyclic amines) is 1. The summed E-state index contributed by atoms with van der Waals surface area (Å²) in [7, 11) is 1.34. The summed E-state index contributed by atoms with van der Waals surface area (Å²) >= 11 is 30.0. The minimum absolute atomic E-state index is 0.0273. The topological polar surface area (TPSA) is 104 Å². The standard InChI is InChI=1S/C28H21BrCl4N2O6/c1-41-19-9-12(8-18(31)22(19)36)21-15-6-7-16-20(24(38)35(23(16)37)14-4-2-13(30)3-5-14)17(15)10-27(32)25(39)34(11-29)26(40)28(21,27)33/h2-6,8-9,16-17,20-21,36H,7,10-11H2,1H3/t16-,17+,20-,21-,27+,28-/m0/s1. The van der Waals surface area contributed by atoms with Crippen molar-refractivity contribution in [2.75, 3.05) is 17.5 Å². The summed E-state index contributed by atoms with van der Waals surface area (Å²) in [5.41, 5.74) is 1.20. The Balaban J connectivity index is 1.54. The maximum absolute atomic E-state index is 14.0. The van der Waals surface area contributed by atoms with E-state index in [0.717, 1.165) is 9.80 Å². The van der Waals surface area contributed by atoms with Crippen molar-refractivity contribution in [3.8, 4) is 11.5 Å². The SMILES string of the molecule is COc1cc([C@H]2C3=CC[C@@H]4C(=O)N(c5ccc(Cl)cc5)C(=O)[C@@H]4[C@@H]3C[C@@]3(Cl)C(=O)N(CBr)C(=O)[C@@]23Cl)cc(Cl)c1O. The summed E-state index contributed by atoms with van der Waals surface area (Å²) in [5, 5.41) is 10.8. The van der Waals surface area contributed by atoms with Crippen molar-refractivity contribution in [1.29, 1.82) is 0 Å². The van der Waals surface area contributed by atoms with E-state index in [9.17, 15) is 24.3 Å². The van der Waals surface area contributed by atoms with Gasteiger partial charge in [-0.15, -0.1) is 23.2 Å². The summed E-state index contributed by atoms with van der Waals surface area (Å²) < 4.78 is 5.31. The molecule has 8 nitrogen and oxygen atoms in total. The Morgan fingerprint density at radius 1 is 1.02 bits per heavy atom. The number of carbonyl (C=O) groups excluding carboxylic acids is 4. The van der Waals surface area contributed by atoms with Crippen molar-refractivity contribution < 1.29 is 29.0 Å². The van der Waals surface area contributed by atoms with Crippen LogP contribution in [0.5, 0.6) is 11.5 Å². The molecule has 2 aliphatic heterocycles. The van der Waals surface area contributed by atoms with Crippen LogP contribution in [-0.2, 0) is 19.2 Å². The number of imide groups is 2. The highest BCUT2D eigenvalue weighted by molar-refractivity contribution is 9.09. The van der Waals surface area contributed by atoms with Crippen molar-refractivity contribution in [3.05, 3.63) is 63.7 Å². The number of hydrogen-bond acceptors (Lipinski definition) is 6. The molecule has 6 atom stereocenters. The highest BCUT2D eigenvalue weighted by Gasteiger charge is 2.76. The van der Waals surface area contributed by atoms with E-state index in [-0.39, 0.29) is 40.7 Å². The first-order valence-corrected chi connectivity index (χ1v) is 15.2. The van der Waals surface area contributed by atoms with E-state index in [1.807, 2.05) is 6.08 Å². The number of methoxy groups -OCH3 is 1. The predicted octanol–water partition coefficient (Wildman–Crippen LogP) is 5.62. The van der Waals surface area contributed by atoms with Crippen LogP contribution in [-0.4, -0.2) is 55.9 Å². The van der Waals surface area contributed by atoms with Crippen LogP contribution in [0.25, 0.3) is 0 Å². The fourth-order valence-corrected chi connectivity index (χ4v) is 8.66. The van der Waals surface area contributed by atoms with Crippen LogP contribution in [0.15, 0.2) is 48.0 Å². The molecule has 4 amide bonds. The first-order valence-electron chi connectivity index (χ1n) is 12.6. The maximum atomic E-state index is 14.0. The normalized spacial score (nSPS) is 32.6. The molecule has 2 aliphatic carbocycles. The second-order valence-corrected chi connectivity index (χ2v) is 13.1. The fourth-order valence-electron chi connectivity index (χ4n) is 6.89. The number of amides is 4. The molecule has 3 fully saturated rings. The number of phenols is 1. The number of allylic oxidation sites excluding steroid dienone is 2. The molecule has 1 saturated carbocycles. The first kappa shape index (κ1) is 28.8. The number of aromatic hydroxyl groups is 1. The van der Waals surface area contributed by atoms with E-state index in [2.05, 4.69) is 15.9 Å². The molecule has 2 heterocycles. The smallest absolute Gasteiger partial charge is 0.254 e. The molecule has 1 N–H and O–H groups in total. The van der Waals surface area contributed by atoms with Gasteiger partial charge >= 0.3 is 0 Å². The number of halogens is 5. The van der Waals surface area contributed by atoms with Gasteiger partial charge in [0.2, 0.25) is 11.8 Å².